The molecular weight excluding hydrogens is 446 g/mol. The van der Waals surface area contributed by atoms with Crippen LogP contribution in [0.3, 0.4) is 0 Å². The molecule has 186 valence electrons. The maximum absolute atomic E-state index is 13.3. The molecule has 0 unspecified atom stereocenters. The Labute approximate surface area is 206 Å². The van der Waals surface area contributed by atoms with E-state index in [1.807, 2.05) is 44.2 Å². The number of rotatable bonds is 6. The van der Waals surface area contributed by atoms with Crippen molar-refractivity contribution in [2.45, 2.75) is 57.9 Å². The maximum Gasteiger partial charge on any atom is 0.257 e. The summed E-state index contributed by atoms with van der Waals surface area (Å²) in [5, 5.41) is 5.79. The van der Waals surface area contributed by atoms with Gasteiger partial charge >= 0.3 is 0 Å². The highest BCUT2D eigenvalue weighted by Gasteiger charge is 2.39. The van der Waals surface area contributed by atoms with Crippen molar-refractivity contribution < 1.29 is 23.9 Å². The van der Waals surface area contributed by atoms with Crippen LogP contribution in [-0.2, 0) is 20.9 Å². The molecule has 0 spiro atoms. The molecule has 8 nitrogen and oxygen atoms in total. The molecule has 8 heteroatoms. The number of nitrogens with zero attached hydrogens (tertiary/aromatic N) is 1. The molecule has 2 N–H and O–H groups in total. The molecular formula is C27H33N3O5. The summed E-state index contributed by atoms with van der Waals surface area (Å²) >= 11 is 0. The van der Waals surface area contributed by atoms with Crippen LogP contribution in [0.4, 0.5) is 5.69 Å². The van der Waals surface area contributed by atoms with Gasteiger partial charge in [0.2, 0.25) is 11.8 Å². The van der Waals surface area contributed by atoms with E-state index >= 15 is 0 Å². The Morgan fingerprint density at radius 3 is 2.63 bits per heavy atom. The normalized spacial score (nSPS) is 21.8. The van der Waals surface area contributed by atoms with Crippen LogP contribution in [0.5, 0.6) is 5.75 Å². The number of carbonyl (C=O) groups is 3. The van der Waals surface area contributed by atoms with Gasteiger partial charge in [0, 0.05) is 25.2 Å². The minimum absolute atomic E-state index is 0.0604. The van der Waals surface area contributed by atoms with Crippen LogP contribution in [0.2, 0.25) is 0 Å². The Kier molecular flexibility index (Phi) is 7.70. The summed E-state index contributed by atoms with van der Waals surface area (Å²) < 4.78 is 12.2. The van der Waals surface area contributed by atoms with E-state index in [0.29, 0.717) is 36.4 Å². The van der Waals surface area contributed by atoms with Gasteiger partial charge in [-0.2, -0.15) is 0 Å². The molecule has 3 amide bonds. The molecule has 2 aromatic rings. The van der Waals surface area contributed by atoms with E-state index in [-0.39, 0.29) is 54.9 Å². The van der Waals surface area contributed by atoms with E-state index < -0.39 is 0 Å². The number of hydrogen-bond donors (Lipinski definition) is 2. The number of amides is 3. The van der Waals surface area contributed by atoms with E-state index in [4.69, 9.17) is 9.47 Å². The minimum Gasteiger partial charge on any atom is -0.490 e. The summed E-state index contributed by atoms with van der Waals surface area (Å²) in [7, 11) is 1.77. The van der Waals surface area contributed by atoms with Gasteiger partial charge in [-0.05, 0) is 36.6 Å². The van der Waals surface area contributed by atoms with Crippen molar-refractivity contribution in [2.24, 2.45) is 5.92 Å². The van der Waals surface area contributed by atoms with Crippen LogP contribution in [0, 0.1) is 5.92 Å². The smallest absolute Gasteiger partial charge is 0.257 e. The Hall–Kier alpha value is -3.39. The second-order valence-corrected chi connectivity index (χ2v) is 9.49. The zero-order chi connectivity index (χ0) is 24.9. The van der Waals surface area contributed by atoms with Crippen molar-refractivity contribution in [1.29, 1.82) is 0 Å². The van der Waals surface area contributed by atoms with E-state index in [2.05, 4.69) is 10.6 Å². The second kappa shape index (κ2) is 10.9. The standard InChI is InChI=1S/C27H33N3O5/c1-17(2)26(32)29-19-9-12-23-21(13-19)27(33)30(3)22-11-10-20(35-24(22)16-34-23)14-25(31)28-15-18-7-5-4-6-8-18/h4-9,12-13,17,20,22,24H,10-11,14-16H2,1-3H3,(H,28,31)(H,29,32)/t20-,22-,24-/m0/s1. The topological polar surface area (TPSA) is 97.0 Å². The first-order chi connectivity index (χ1) is 16.8. The molecule has 1 saturated heterocycles. The number of anilines is 1. The van der Waals surface area contributed by atoms with Crippen molar-refractivity contribution in [3.05, 3.63) is 59.7 Å². The summed E-state index contributed by atoms with van der Waals surface area (Å²) in [6.45, 7) is 4.38. The van der Waals surface area contributed by atoms with Crippen molar-refractivity contribution in [2.75, 3.05) is 19.0 Å². The number of carbonyl (C=O) groups excluding carboxylic acids is 3. The lowest BCUT2D eigenvalue weighted by Crippen LogP contribution is -2.53. The number of benzene rings is 2. The van der Waals surface area contributed by atoms with Crippen LogP contribution in [0.15, 0.2) is 48.5 Å². The average molecular weight is 480 g/mol. The molecule has 0 saturated carbocycles. The van der Waals surface area contributed by atoms with Crippen LogP contribution in [0.1, 0.15) is 49.0 Å². The van der Waals surface area contributed by atoms with Gasteiger partial charge in [-0.25, -0.2) is 0 Å². The highest BCUT2D eigenvalue weighted by atomic mass is 16.5. The van der Waals surface area contributed by atoms with E-state index in [0.717, 1.165) is 5.56 Å². The number of nitrogens with one attached hydrogen (secondary N) is 2. The van der Waals surface area contributed by atoms with Gasteiger partial charge in [0.15, 0.2) is 0 Å². The predicted molar refractivity (Wildman–Crippen MR) is 132 cm³/mol. The number of ether oxygens (including phenoxy) is 2. The zero-order valence-electron chi connectivity index (χ0n) is 20.5. The van der Waals surface area contributed by atoms with Gasteiger partial charge in [0.05, 0.1) is 24.1 Å². The molecule has 1 fully saturated rings. The van der Waals surface area contributed by atoms with E-state index in [9.17, 15) is 14.4 Å². The van der Waals surface area contributed by atoms with Crippen LogP contribution >= 0.6 is 0 Å². The lowest BCUT2D eigenvalue weighted by molar-refractivity contribution is -0.134. The van der Waals surface area contributed by atoms with Crippen molar-refractivity contribution in [3.63, 3.8) is 0 Å². The van der Waals surface area contributed by atoms with Gasteiger partial charge < -0.3 is 25.0 Å². The number of fused-ring (bicyclic) bond motifs is 2. The van der Waals surface area contributed by atoms with Crippen LogP contribution < -0.4 is 15.4 Å². The Bertz CT molecular complexity index is 1070. The third-order valence-corrected chi connectivity index (χ3v) is 6.55. The van der Waals surface area contributed by atoms with E-state index in [1.54, 1.807) is 30.1 Å². The maximum atomic E-state index is 13.3. The molecule has 2 aliphatic rings. The van der Waals surface area contributed by atoms with Gasteiger partial charge in [0.1, 0.15) is 18.5 Å². The molecule has 0 bridgehead atoms. The fourth-order valence-electron chi connectivity index (χ4n) is 4.47. The molecule has 0 aliphatic carbocycles. The largest absolute Gasteiger partial charge is 0.490 e. The molecule has 3 atom stereocenters. The van der Waals surface area contributed by atoms with Gasteiger partial charge in [-0.3, -0.25) is 14.4 Å². The molecule has 4 rings (SSSR count). The molecule has 2 aromatic carbocycles. The summed E-state index contributed by atoms with van der Waals surface area (Å²) in [5.74, 6) is -0.0701. The predicted octanol–water partition coefficient (Wildman–Crippen LogP) is 3.37. The Morgan fingerprint density at radius 2 is 1.89 bits per heavy atom. The number of likely N-dealkylation sites (N-methyl/N-ethyl adjacent to an activating group) is 1. The summed E-state index contributed by atoms with van der Waals surface area (Å²) in [5.41, 5.74) is 2.02. The zero-order valence-corrected chi connectivity index (χ0v) is 20.5. The quantitative estimate of drug-likeness (QED) is 0.662. The minimum atomic E-state index is -0.335. The Balaban J connectivity index is 1.39. The monoisotopic (exact) mass is 479 g/mol. The molecule has 0 radical (unpaired) electrons. The lowest BCUT2D eigenvalue weighted by Gasteiger charge is -2.42. The van der Waals surface area contributed by atoms with Crippen LogP contribution in [-0.4, -0.2) is 54.5 Å². The third-order valence-electron chi connectivity index (χ3n) is 6.55. The lowest BCUT2D eigenvalue weighted by atomic mass is 9.94. The molecule has 2 heterocycles. The molecule has 35 heavy (non-hydrogen) atoms. The van der Waals surface area contributed by atoms with E-state index in [1.165, 1.54) is 0 Å². The Morgan fingerprint density at radius 1 is 1.11 bits per heavy atom. The highest BCUT2D eigenvalue weighted by Crippen LogP contribution is 2.32. The average Bonchev–Trinajstić information content (AvgIpc) is 2.86. The van der Waals surface area contributed by atoms with Crippen molar-refractivity contribution >= 4 is 23.4 Å². The summed E-state index contributed by atoms with van der Waals surface area (Å²) in [6, 6.07) is 14.7. The molecule has 0 aromatic heterocycles. The van der Waals surface area contributed by atoms with Gasteiger partial charge in [0.25, 0.3) is 5.91 Å². The first kappa shape index (κ1) is 24.7. The first-order valence-electron chi connectivity index (χ1n) is 12.1. The number of hydrogen-bond acceptors (Lipinski definition) is 5. The third kappa shape index (κ3) is 6.00. The highest BCUT2D eigenvalue weighted by molar-refractivity contribution is 6.00. The summed E-state index contributed by atoms with van der Waals surface area (Å²) in [6.07, 6.45) is 1.09. The van der Waals surface area contributed by atoms with Crippen molar-refractivity contribution in [3.8, 4) is 5.75 Å². The van der Waals surface area contributed by atoms with Crippen molar-refractivity contribution in [1.82, 2.24) is 10.2 Å². The van der Waals surface area contributed by atoms with Crippen LogP contribution in [0.25, 0.3) is 0 Å². The summed E-state index contributed by atoms with van der Waals surface area (Å²) in [4.78, 5) is 39.6. The SMILES string of the molecule is CC(C)C(=O)Nc1ccc2c(c1)C(=O)N(C)[C@H]1CC[C@@H](CC(=O)NCc3ccccc3)O[C@H]1CO2. The fourth-order valence-corrected chi connectivity index (χ4v) is 4.47. The van der Waals surface area contributed by atoms with Gasteiger partial charge in [-0.15, -0.1) is 0 Å². The molecule has 2 aliphatic heterocycles. The fraction of sp³-hybridized carbons (Fsp3) is 0.444. The second-order valence-electron chi connectivity index (χ2n) is 9.49. The first-order valence-corrected chi connectivity index (χ1v) is 12.1. The van der Waals surface area contributed by atoms with Gasteiger partial charge in [-0.1, -0.05) is 44.2 Å².